The molecule has 1 saturated heterocycles. The predicted octanol–water partition coefficient (Wildman–Crippen LogP) is 3.49. The SMILES string of the molecule is COCCn1ccnc1CN1CCC2(CCn3nc(-c4cnc5ccccc5c4)cc32)C1. The summed E-state index contributed by atoms with van der Waals surface area (Å²) in [7, 11) is 1.74. The van der Waals surface area contributed by atoms with Crippen molar-refractivity contribution in [3.05, 3.63) is 66.5 Å². The molecule has 3 aromatic heterocycles. The zero-order valence-electron chi connectivity index (χ0n) is 18.4. The summed E-state index contributed by atoms with van der Waals surface area (Å²) in [5.41, 5.74) is 4.72. The smallest absolute Gasteiger partial charge is 0.122 e. The molecule has 7 nitrogen and oxygen atoms in total. The maximum absolute atomic E-state index is 5.24. The Bertz CT molecular complexity index is 1260. The summed E-state index contributed by atoms with van der Waals surface area (Å²) >= 11 is 0. The number of aromatic nitrogens is 5. The van der Waals surface area contributed by atoms with Gasteiger partial charge in [0, 0.05) is 67.4 Å². The third-order valence-electron chi connectivity index (χ3n) is 7.15. The van der Waals surface area contributed by atoms with E-state index < -0.39 is 0 Å². The minimum absolute atomic E-state index is 0.194. The fourth-order valence-electron chi connectivity index (χ4n) is 5.41. The molecule has 2 aliphatic rings. The minimum atomic E-state index is 0.194. The number of ether oxygens (including phenoxy) is 1. The number of imidazole rings is 1. The Hall–Kier alpha value is -3.03. The molecule has 1 unspecified atom stereocenters. The average molecular weight is 429 g/mol. The first-order chi connectivity index (χ1) is 15.7. The largest absolute Gasteiger partial charge is 0.383 e. The van der Waals surface area contributed by atoms with Gasteiger partial charge >= 0.3 is 0 Å². The molecule has 5 heterocycles. The summed E-state index contributed by atoms with van der Waals surface area (Å²) in [6.45, 7) is 5.58. The molecule has 164 valence electrons. The van der Waals surface area contributed by atoms with Crippen molar-refractivity contribution >= 4 is 10.9 Å². The van der Waals surface area contributed by atoms with Crippen molar-refractivity contribution in [2.45, 2.75) is 37.9 Å². The van der Waals surface area contributed by atoms with E-state index in [1.165, 1.54) is 18.5 Å². The lowest BCUT2D eigenvalue weighted by Gasteiger charge is -2.23. The van der Waals surface area contributed by atoms with Gasteiger partial charge in [-0.2, -0.15) is 5.10 Å². The van der Waals surface area contributed by atoms with Crippen LogP contribution in [0.15, 0.2) is 55.0 Å². The average Bonchev–Trinajstić information content (AvgIpc) is 3.59. The quantitative estimate of drug-likeness (QED) is 0.471. The Kier molecular flexibility index (Phi) is 4.81. The second-order valence-corrected chi connectivity index (χ2v) is 9.08. The molecule has 1 aromatic carbocycles. The first-order valence-corrected chi connectivity index (χ1v) is 11.4. The van der Waals surface area contributed by atoms with Crippen LogP contribution in [0.25, 0.3) is 22.2 Å². The molecule has 6 rings (SSSR count). The van der Waals surface area contributed by atoms with Crippen LogP contribution in [-0.4, -0.2) is 56.0 Å². The van der Waals surface area contributed by atoms with E-state index in [2.05, 4.69) is 60.6 Å². The Morgan fingerprint density at radius 3 is 2.94 bits per heavy atom. The fraction of sp³-hybridized carbons (Fsp3) is 0.400. The summed E-state index contributed by atoms with van der Waals surface area (Å²) in [4.78, 5) is 11.8. The second-order valence-electron chi connectivity index (χ2n) is 9.08. The van der Waals surface area contributed by atoms with E-state index in [9.17, 15) is 0 Å². The Labute approximate surface area is 187 Å². The molecule has 0 saturated carbocycles. The molecule has 0 radical (unpaired) electrons. The van der Waals surface area contributed by atoms with Crippen LogP contribution >= 0.6 is 0 Å². The number of nitrogens with zero attached hydrogens (tertiary/aromatic N) is 6. The summed E-state index contributed by atoms with van der Waals surface area (Å²) in [6.07, 6.45) is 8.24. The zero-order chi connectivity index (χ0) is 21.5. The van der Waals surface area contributed by atoms with Crippen LogP contribution in [0.5, 0.6) is 0 Å². The van der Waals surface area contributed by atoms with Crippen LogP contribution in [-0.2, 0) is 29.8 Å². The molecule has 0 N–H and O–H groups in total. The normalized spacial score (nSPS) is 20.5. The van der Waals surface area contributed by atoms with E-state index in [1.807, 2.05) is 18.5 Å². The monoisotopic (exact) mass is 428 g/mol. The molecule has 0 aliphatic carbocycles. The lowest BCUT2D eigenvalue weighted by atomic mass is 9.82. The van der Waals surface area contributed by atoms with Crippen LogP contribution in [0.1, 0.15) is 24.4 Å². The molecule has 1 spiro atoms. The van der Waals surface area contributed by atoms with Crippen molar-refractivity contribution in [2.24, 2.45) is 0 Å². The van der Waals surface area contributed by atoms with E-state index in [-0.39, 0.29) is 5.41 Å². The highest BCUT2D eigenvalue weighted by molar-refractivity contribution is 5.82. The molecule has 1 atom stereocenters. The van der Waals surface area contributed by atoms with Crippen LogP contribution in [0.4, 0.5) is 0 Å². The predicted molar refractivity (Wildman–Crippen MR) is 123 cm³/mol. The number of benzene rings is 1. The Balaban J connectivity index is 1.23. The highest BCUT2D eigenvalue weighted by Crippen LogP contribution is 2.44. The van der Waals surface area contributed by atoms with E-state index in [0.29, 0.717) is 6.61 Å². The molecule has 2 aliphatic heterocycles. The molecular weight excluding hydrogens is 400 g/mol. The van der Waals surface area contributed by atoms with E-state index >= 15 is 0 Å². The first kappa shape index (κ1) is 19.6. The zero-order valence-corrected chi connectivity index (χ0v) is 18.4. The molecular formula is C25H28N6O. The fourth-order valence-corrected chi connectivity index (χ4v) is 5.41. The van der Waals surface area contributed by atoms with Gasteiger partial charge in [0.1, 0.15) is 5.82 Å². The van der Waals surface area contributed by atoms with Crippen LogP contribution in [0.3, 0.4) is 0 Å². The first-order valence-electron chi connectivity index (χ1n) is 11.4. The van der Waals surface area contributed by atoms with Gasteiger partial charge in [-0.15, -0.1) is 0 Å². The van der Waals surface area contributed by atoms with Crippen molar-refractivity contribution in [2.75, 3.05) is 26.8 Å². The number of hydrogen-bond donors (Lipinski definition) is 0. The number of pyridine rings is 1. The number of hydrogen-bond acceptors (Lipinski definition) is 5. The lowest BCUT2D eigenvalue weighted by molar-refractivity contribution is 0.184. The van der Waals surface area contributed by atoms with Gasteiger partial charge in [0.2, 0.25) is 0 Å². The molecule has 0 bridgehead atoms. The maximum Gasteiger partial charge on any atom is 0.122 e. The number of methoxy groups -OCH3 is 1. The van der Waals surface area contributed by atoms with Gasteiger partial charge in [0.05, 0.1) is 24.4 Å². The van der Waals surface area contributed by atoms with Gasteiger partial charge in [0.25, 0.3) is 0 Å². The number of aryl methyl sites for hydroxylation is 1. The van der Waals surface area contributed by atoms with Gasteiger partial charge in [-0.05, 0) is 37.6 Å². The molecule has 0 amide bonds. The van der Waals surface area contributed by atoms with Crippen molar-refractivity contribution in [3.63, 3.8) is 0 Å². The van der Waals surface area contributed by atoms with Crippen LogP contribution in [0, 0.1) is 0 Å². The van der Waals surface area contributed by atoms with Crippen LogP contribution in [0.2, 0.25) is 0 Å². The van der Waals surface area contributed by atoms with Gasteiger partial charge in [-0.1, -0.05) is 18.2 Å². The van der Waals surface area contributed by atoms with Gasteiger partial charge in [0.15, 0.2) is 0 Å². The van der Waals surface area contributed by atoms with Gasteiger partial charge < -0.3 is 9.30 Å². The molecule has 1 fully saturated rings. The number of para-hydroxylation sites is 1. The number of fused-ring (bicyclic) bond motifs is 3. The third-order valence-corrected chi connectivity index (χ3v) is 7.15. The van der Waals surface area contributed by atoms with Crippen molar-refractivity contribution in [1.82, 2.24) is 29.2 Å². The minimum Gasteiger partial charge on any atom is -0.383 e. The highest BCUT2D eigenvalue weighted by Gasteiger charge is 2.45. The van der Waals surface area contributed by atoms with E-state index in [1.54, 1.807) is 7.11 Å². The van der Waals surface area contributed by atoms with Crippen molar-refractivity contribution in [3.8, 4) is 11.3 Å². The van der Waals surface area contributed by atoms with Gasteiger partial charge in [-0.25, -0.2) is 4.98 Å². The highest BCUT2D eigenvalue weighted by atomic mass is 16.5. The molecule has 32 heavy (non-hydrogen) atoms. The van der Waals surface area contributed by atoms with Gasteiger partial charge in [-0.3, -0.25) is 14.6 Å². The Morgan fingerprint density at radius 1 is 1.09 bits per heavy atom. The Morgan fingerprint density at radius 2 is 2.00 bits per heavy atom. The van der Waals surface area contributed by atoms with E-state index in [4.69, 9.17) is 9.84 Å². The number of rotatable bonds is 6. The molecule has 4 aromatic rings. The summed E-state index contributed by atoms with van der Waals surface area (Å²) in [5, 5.41) is 6.12. The number of likely N-dealkylation sites (tertiary alicyclic amines) is 1. The third kappa shape index (κ3) is 3.32. The summed E-state index contributed by atoms with van der Waals surface area (Å²) in [6, 6.07) is 12.8. The van der Waals surface area contributed by atoms with Crippen LogP contribution < -0.4 is 0 Å². The maximum atomic E-state index is 5.24. The molecule has 7 heteroatoms. The van der Waals surface area contributed by atoms with Crippen molar-refractivity contribution < 1.29 is 4.74 Å². The van der Waals surface area contributed by atoms with E-state index in [0.717, 1.165) is 60.7 Å². The lowest BCUT2D eigenvalue weighted by Crippen LogP contribution is -2.29. The summed E-state index contributed by atoms with van der Waals surface area (Å²) in [5.74, 6) is 1.12. The van der Waals surface area contributed by atoms with Crippen molar-refractivity contribution in [1.29, 1.82) is 0 Å². The standard InChI is InChI=1S/C25H28N6O/c1-32-13-12-30-11-8-26-24(30)17-29-9-6-25(18-29)7-10-31-23(25)15-22(28-31)20-14-19-4-2-3-5-21(19)27-16-20/h2-5,8,11,14-16H,6-7,9-10,12-13,17-18H2,1H3. The topological polar surface area (TPSA) is 61.0 Å². The second kappa shape index (κ2) is 7.83. The summed E-state index contributed by atoms with van der Waals surface area (Å²) < 4.78 is 9.68.